The summed E-state index contributed by atoms with van der Waals surface area (Å²) in [5.74, 6) is 0. The van der Waals surface area contributed by atoms with Gasteiger partial charge in [-0.1, -0.05) is 199 Å². The minimum Gasteiger partial charge on any atom is -0.0987 e. The highest BCUT2D eigenvalue weighted by Crippen LogP contribution is 2.63. The highest BCUT2D eigenvalue weighted by molar-refractivity contribution is 9.52. The summed E-state index contributed by atoms with van der Waals surface area (Å²) in [6.07, 6.45) is 29.3. The molecule has 0 amide bonds. The van der Waals surface area contributed by atoms with E-state index in [2.05, 4.69) is 91.8 Å². The highest BCUT2D eigenvalue weighted by Gasteiger charge is 2.59. The lowest BCUT2D eigenvalue weighted by Crippen LogP contribution is -2.54. The number of halogens is 2. The van der Waals surface area contributed by atoms with Crippen LogP contribution in [0.25, 0.3) is 0 Å². The van der Waals surface area contributed by atoms with E-state index in [1.807, 2.05) is 22.3 Å². The van der Waals surface area contributed by atoms with Gasteiger partial charge in [0.2, 0.25) is 0 Å². The second kappa shape index (κ2) is 18.1. The van der Waals surface area contributed by atoms with Gasteiger partial charge in [0.15, 0.2) is 0 Å². The van der Waals surface area contributed by atoms with Crippen LogP contribution in [-0.4, -0.2) is 5.31 Å². The van der Waals surface area contributed by atoms with Crippen LogP contribution in [0.4, 0.5) is 0 Å². The fourth-order valence-corrected chi connectivity index (χ4v) is 17.4. The van der Waals surface area contributed by atoms with Crippen molar-refractivity contribution in [2.45, 2.75) is 218 Å². The first-order valence-corrected chi connectivity index (χ1v) is 27.8. The SMILES string of the molecule is CCCCCC1(CCCCC)CC(CC)(CC)c2c1cc1c(c2[Si](Br)(Br)c2ccccc2)C(CC)(CC)CC1(CCCCC)CCCCC. The van der Waals surface area contributed by atoms with Crippen molar-refractivity contribution in [1.82, 2.24) is 0 Å². The number of hydrogen-bond acceptors (Lipinski definition) is 0. The van der Waals surface area contributed by atoms with Crippen molar-refractivity contribution in [1.29, 1.82) is 0 Å². The molecule has 49 heavy (non-hydrogen) atoms. The Hall–Kier alpha value is -0.383. The first-order chi connectivity index (χ1) is 23.6. The average Bonchev–Trinajstić information content (AvgIpc) is 3.56. The van der Waals surface area contributed by atoms with E-state index < -0.39 is 5.31 Å². The second-order valence-electron chi connectivity index (χ2n) is 16.8. The van der Waals surface area contributed by atoms with E-state index in [0.717, 1.165) is 0 Å². The Labute approximate surface area is 321 Å². The Balaban J connectivity index is 2.22. The number of benzene rings is 2. The van der Waals surface area contributed by atoms with Gasteiger partial charge >= 0.3 is 0 Å². The summed E-state index contributed by atoms with van der Waals surface area (Å²) in [5, 5.41) is 0.796. The smallest absolute Gasteiger partial charge is 0.0987 e. The van der Waals surface area contributed by atoms with E-state index in [1.54, 1.807) is 5.19 Å². The molecule has 0 saturated heterocycles. The molecule has 0 N–H and O–H groups in total. The van der Waals surface area contributed by atoms with Gasteiger partial charge in [0, 0.05) is 0 Å². The topological polar surface area (TPSA) is 0 Å². The number of hydrogen-bond donors (Lipinski definition) is 0. The van der Waals surface area contributed by atoms with Gasteiger partial charge in [0.05, 0.1) is 0 Å². The molecule has 0 nitrogen and oxygen atoms in total. The summed E-state index contributed by atoms with van der Waals surface area (Å²) in [6, 6.07) is 14.6. The zero-order valence-electron chi connectivity index (χ0n) is 33.3. The van der Waals surface area contributed by atoms with Crippen molar-refractivity contribution in [2.24, 2.45) is 0 Å². The van der Waals surface area contributed by atoms with Crippen LogP contribution in [0.15, 0.2) is 36.4 Å². The normalized spacial score (nSPS) is 18.5. The van der Waals surface area contributed by atoms with Gasteiger partial charge in [-0.2, -0.15) is 0 Å². The van der Waals surface area contributed by atoms with Gasteiger partial charge in [0.1, 0.15) is 0 Å². The van der Waals surface area contributed by atoms with Gasteiger partial charge < -0.3 is 0 Å². The van der Waals surface area contributed by atoms with Crippen LogP contribution in [0.1, 0.15) is 219 Å². The molecule has 4 rings (SSSR count). The number of fused-ring (bicyclic) bond motifs is 2. The molecule has 0 aliphatic heterocycles. The van der Waals surface area contributed by atoms with Crippen LogP contribution in [-0.2, 0) is 21.7 Å². The van der Waals surface area contributed by atoms with Crippen LogP contribution >= 0.6 is 30.6 Å². The molecule has 0 spiro atoms. The second-order valence-corrected chi connectivity index (χ2v) is 29.3. The fraction of sp³-hybridized carbons (Fsp3) is 0.739. The molecule has 2 aromatic rings. The van der Waals surface area contributed by atoms with Crippen LogP contribution in [0.5, 0.6) is 0 Å². The van der Waals surface area contributed by atoms with Crippen LogP contribution in [0.2, 0.25) is 0 Å². The van der Waals surface area contributed by atoms with E-state index in [0.29, 0.717) is 10.8 Å². The Morgan fingerprint density at radius 3 is 1.14 bits per heavy atom. The molecule has 2 aromatic carbocycles. The minimum absolute atomic E-state index is 0.232. The first-order valence-electron chi connectivity index (χ1n) is 21.3. The van der Waals surface area contributed by atoms with E-state index in [1.165, 1.54) is 146 Å². The van der Waals surface area contributed by atoms with Gasteiger partial charge in [0.25, 0.3) is 5.31 Å². The van der Waals surface area contributed by atoms with Crippen molar-refractivity contribution >= 4 is 46.3 Å². The van der Waals surface area contributed by atoms with Gasteiger partial charge in [-0.15, -0.1) is 0 Å². The third kappa shape index (κ3) is 7.95. The van der Waals surface area contributed by atoms with E-state index in [-0.39, 0.29) is 10.8 Å². The predicted molar refractivity (Wildman–Crippen MR) is 229 cm³/mol. The summed E-state index contributed by atoms with van der Waals surface area (Å²) in [7, 11) is 0. The van der Waals surface area contributed by atoms with Crippen LogP contribution in [0.3, 0.4) is 0 Å². The summed E-state index contributed by atoms with van der Waals surface area (Å²) < 4.78 is 0. The third-order valence-corrected chi connectivity index (χ3v) is 21.4. The largest absolute Gasteiger partial charge is 0.260 e. The molecule has 3 heteroatoms. The summed E-state index contributed by atoms with van der Waals surface area (Å²) in [6.45, 7) is 19.7. The molecule has 0 unspecified atom stereocenters. The molecule has 0 radical (unpaired) electrons. The maximum Gasteiger partial charge on any atom is 0.260 e. The van der Waals surface area contributed by atoms with Crippen LogP contribution in [0, 0.1) is 0 Å². The molecule has 0 atom stereocenters. The van der Waals surface area contributed by atoms with E-state index >= 15 is 0 Å². The summed E-state index contributed by atoms with van der Waals surface area (Å²) in [5.41, 5.74) is 8.32. The molecule has 2 aliphatic carbocycles. The molecule has 0 aromatic heterocycles. The molecule has 0 heterocycles. The van der Waals surface area contributed by atoms with Gasteiger partial charge in [-0.25, -0.2) is 0 Å². The minimum atomic E-state index is -2.46. The Bertz CT molecular complexity index is 1210. The van der Waals surface area contributed by atoms with Crippen molar-refractivity contribution in [2.75, 3.05) is 0 Å². The van der Waals surface area contributed by atoms with Crippen molar-refractivity contribution < 1.29 is 0 Å². The lowest BCUT2D eigenvalue weighted by atomic mass is 9.68. The molecular weight excluding hydrogens is 740 g/mol. The number of rotatable bonds is 22. The Kier molecular flexibility index (Phi) is 15.3. The molecule has 2 aliphatic rings. The van der Waals surface area contributed by atoms with Gasteiger partial charge in [-0.05, 0) is 118 Å². The maximum absolute atomic E-state index is 4.71. The Morgan fingerprint density at radius 1 is 0.490 bits per heavy atom. The van der Waals surface area contributed by atoms with Crippen molar-refractivity contribution in [3.8, 4) is 0 Å². The lowest BCUT2D eigenvalue weighted by Gasteiger charge is -2.39. The molecular formula is C46H74Br2Si. The fourth-order valence-electron chi connectivity index (χ4n) is 11.1. The monoisotopic (exact) mass is 812 g/mol. The Morgan fingerprint density at radius 2 is 0.837 bits per heavy atom. The van der Waals surface area contributed by atoms with E-state index in [4.69, 9.17) is 30.6 Å². The molecule has 0 fully saturated rings. The summed E-state index contributed by atoms with van der Waals surface area (Å²) in [4.78, 5) is 0. The predicted octanol–water partition coefficient (Wildman–Crippen LogP) is 14.8. The first kappa shape index (κ1) is 41.4. The quantitative estimate of drug-likeness (QED) is 0.0631. The molecule has 0 bridgehead atoms. The highest BCUT2D eigenvalue weighted by atomic mass is 79.9. The average molecular weight is 815 g/mol. The van der Waals surface area contributed by atoms with Crippen molar-refractivity contribution in [3.05, 3.63) is 58.7 Å². The van der Waals surface area contributed by atoms with Crippen LogP contribution < -0.4 is 10.4 Å². The zero-order valence-corrected chi connectivity index (χ0v) is 37.4. The summed E-state index contributed by atoms with van der Waals surface area (Å²) >= 11 is 9.42. The number of unbranched alkanes of at least 4 members (excludes halogenated alkanes) is 8. The lowest BCUT2D eigenvalue weighted by molar-refractivity contribution is 0.253. The molecule has 276 valence electrons. The van der Waals surface area contributed by atoms with E-state index in [9.17, 15) is 0 Å². The standard InChI is InChI=1S/C46H74Br2Si/c1-9-17-24-30-45(31-25-18-10-2)35-43(13-5,14-6)40-38(45)34-39-41(42(40)49(47,48)37-28-22-21-23-29-37)44(15-7,16-8)36-46(39,32-26-19-11-3)33-27-20-12-4/h21-23,28-29,34H,9-20,24-27,30-33,35-36H2,1-8H3. The maximum atomic E-state index is 4.71. The molecule has 0 saturated carbocycles. The van der Waals surface area contributed by atoms with Crippen molar-refractivity contribution in [3.63, 3.8) is 0 Å². The third-order valence-electron chi connectivity index (χ3n) is 14.1. The zero-order chi connectivity index (χ0) is 35.8. The van der Waals surface area contributed by atoms with Gasteiger partial charge in [-0.3, -0.25) is 0 Å².